The van der Waals surface area contributed by atoms with Gasteiger partial charge in [-0.15, -0.1) is 16.4 Å². The van der Waals surface area contributed by atoms with Crippen LogP contribution in [-0.4, -0.2) is 41.8 Å². The van der Waals surface area contributed by atoms with Crippen LogP contribution >= 0.6 is 11.3 Å². The van der Waals surface area contributed by atoms with Gasteiger partial charge in [-0.05, 0) is 18.6 Å². The Hall–Kier alpha value is -3.84. The Bertz CT molecular complexity index is 1540. The van der Waals surface area contributed by atoms with Gasteiger partial charge in [0.25, 0.3) is 0 Å². The zero-order chi connectivity index (χ0) is 21.2. The Morgan fingerprint density at radius 2 is 1.87 bits per heavy atom. The summed E-state index contributed by atoms with van der Waals surface area (Å²) < 4.78 is 7.33. The number of hydrogen-bond donors (Lipinski definition) is 0. The molecule has 13 heteroatoms. The van der Waals surface area contributed by atoms with Gasteiger partial charge in [0.1, 0.15) is 20.6 Å². The van der Waals surface area contributed by atoms with Crippen molar-refractivity contribution in [2.24, 2.45) is 0 Å². The van der Waals surface area contributed by atoms with E-state index in [0.29, 0.717) is 22.5 Å². The van der Waals surface area contributed by atoms with Crippen LogP contribution < -0.4 is 0 Å². The summed E-state index contributed by atoms with van der Waals surface area (Å²) in [6.07, 6.45) is 0. The van der Waals surface area contributed by atoms with Crippen LogP contribution in [0.5, 0.6) is 0 Å². The molecule has 12 nitrogen and oxygen atoms in total. The van der Waals surface area contributed by atoms with E-state index >= 15 is 0 Å². The van der Waals surface area contributed by atoms with Crippen LogP contribution in [0.25, 0.3) is 37.1 Å². The highest BCUT2D eigenvalue weighted by molar-refractivity contribution is 7.26. The Morgan fingerprint density at radius 1 is 1.13 bits per heavy atom. The lowest BCUT2D eigenvalue weighted by molar-refractivity contribution is -0.422. The lowest BCUT2D eigenvalue weighted by Crippen LogP contribution is -1.98. The number of imidazole rings is 1. The molecule has 150 valence electrons. The molecule has 0 unspecified atom stereocenters. The van der Waals surface area contributed by atoms with Gasteiger partial charge in [0.05, 0.1) is 34.1 Å². The molecular weight excluding hydrogens is 414 g/mol. The second-order valence-corrected chi connectivity index (χ2v) is 7.60. The Labute approximate surface area is 170 Å². The molecule has 0 aliphatic rings. The van der Waals surface area contributed by atoms with Crippen LogP contribution in [-0.2, 0) is 11.3 Å². The lowest BCUT2D eigenvalue weighted by atomic mass is 10.1. The number of pyridine rings is 1. The molecule has 0 fully saturated rings. The monoisotopic (exact) mass is 425 g/mol. The van der Waals surface area contributed by atoms with Crippen LogP contribution in [0.15, 0.2) is 18.2 Å². The quantitative estimate of drug-likeness (QED) is 0.312. The van der Waals surface area contributed by atoms with Gasteiger partial charge in [0.2, 0.25) is 0 Å². The average molecular weight is 425 g/mol. The van der Waals surface area contributed by atoms with Gasteiger partial charge in [-0.25, -0.2) is 9.97 Å². The minimum Gasteiger partial charge on any atom is -0.380 e. The zero-order valence-electron chi connectivity index (χ0n) is 15.5. The molecule has 0 radical (unpaired) electrons. The number of aromatic nitrogens is 5. The molecule has 0 atom stereocenters. The van der Waals surface area contributed by atoms with Gasteiger partial charge in [-0.2, -0.15) is 4.52 Å². The molecule has 0 N–H and O–H groups in total. The molecule has 30 heavy (non-hydrogen) atoms. The second kappa shape index (κ2) is 6.33. The third kappa shape index (κ3) is 2.49. The van der Waals surface area contributed by atoms with Gasteiger partial charge in [-0.3, -0.25) is 20.2 Å². The molecule has 0 saturated carbocycles. The topological polar surface area (TPSA) is 151 Å². The van der Waals surface area contributed by atoms with E-state index in [4.69, 9.17) is 4.74 Å². The fourth-order valence-electron chi connectivity index (χ4n) is 3.52. The summed E-state index contributed by atoms with van der Waals surface area (Å²) >= 11 is 1.36. The largest absolute Gasteiger partial charge is 0.380 e. The summed E-state index contributed by atoms with van der Waals surface area (Å²) in [5.41, 5.74) is 1.93. The minimum absolute atomic E-state index is 0.216. The maximum atomic E-state index is 11.3. The first-order valence-electron chi connectivity index (χ1n) is 8.58. The van der Waals surface area contributed by atoms with Crippen molar-refractivity contribution in [1.82, 2.24) is 24.8 Å². The fourth-order valence-corrected chi connectivity index (χ4v) is 4.70. The Morgan fingerprint density at radius 3 is 2.57 bits per heavy atom. The molecule has 4 aromatic heterocycles. The predicted molar refractivity (Wildman–Crippen MR) is 108 cm³/mol. The molecule has 5 aromatic rings. The number of aryl methyl sites for hydroxylation is 1. The molecule has 5 rings (SSSR count). The Balaban J connectivity index is 1.91. The van der Waals surface area contributed by atoms with E-state index in [1.54, 1.807) is 7.11 Å². The van der Waals surface area contributed by atoms with Crippen LogP contribution in [0.4, 0.5) is 11.4 Å². The van der Waals surface area contributed by atoms with Gasteiger partial charge >= 0.3 is 11.4 Å². The van der Waals surface area contributed by atoms with Gasteiger partial charge in [0, 0.05) is 18.2 Å². The van der Waals surface area contributed by atoms with Gasteiger partial charge in [-0.1, -0.05) is 5.21 Å². The van der Waals surface area contributed by atoms with E-state index in [-0.39, 0.29) is 11.0 Å². The normalized spacial score (nSPS) is 11.8. The fraction of sp³-hybridized carbons (Fsp3) is 0.176. The summed E-state index contributed by atoms with van der Waals surface area (Å²) in [5, 5.41) is 31.9. The van der Waals surface area contributed by atoms with Crippen LogP contribution in [0.3, 0.4) is 0 Å². The Kier molecular flexibility index (Phi) is 3.84. The number of rotatable bonds is 4. The SMILES string of the molecule is COCc1cc(C)nc2sc3c(nnn4c5cc([N+](=O)[O-])c([N+](=O)[O-])cc5nc34)c12. The highest BCUT2D eigenvalue weighted by atomic mass is 32.1. The first-order valence-corrected chi connectivity index (χ1v) is 9.40. The van der Waals surface area contributed by atoms with Crippen molar-refractivity contribution >= 4 is 59.8 Å². The van der Waals surface area contributed by atoms with Crippen molar-refractivity contribution in [3.05, 3.63) is 49.7 Å². The van der Waals surface area contributed by atoms with E-state index < -0.39 is 21.2 Å². The number of hydrogen-bond acceptors (Lipinski definition) is 10. The molecule has 0 amide bonds. The second-order valence-electron chi connectivity index (χ2n) is 6.60. The molecule has 4 heterocycles. The third-order valence-electron chi connectivity index (χ3n) is 4.70. The van der Waals surface area contributed by atoms with E-state index in [1.165, 1.54) is 15.9 Å². The summed E-state index contributed by atoms with van der Waals surface area (Å²) in [7, 11) is 1.60. The highest BCUT2D eigenvalue weighted by Gasteiger charge is 2.28. The molecule has 1 aromatic carbocycles. The van der Waals surface area contributed by atoms with E-state index in [1.807, 2.05) is 13.0 Å². The predicted octanol–water partition coefficient (Wildman–Crippen LogP) is 3.31. The van der Waals surface area contributed by atoms with Crippen LogP contribution in [0.1, 0.15) is 11.3 Å². The van der Waals surface area contributed by atoms with E-state index in [0.717, 1.165) is 33.6 Å². The maximum Gasteiger partial charge on any atom is 0.348 e. The number of fused-ring (bicyclic) bond motifs is 7. The zero-order valence-corrected chi connectivity index (χ0v) is 16.3. The number of nitro benzene ring substituents is 2. The van der Waals surface area contributed by atoms with E-state index in [9.17, 15) is 20.2 Å². The molecule has 0 saturated heterocycles. The summed E-state index contributed by atoms with van der Waals surface area (Å²) in [6.45, 7) is 2.25. The maximum absolute atomic E-state index is 11.3. The molecular formula is C17H11N7O5S. The lowest BCUT2D eigenvalue weighted by Gasteiger charge is -2.03. The smallest absolute Gasteiger partial charge is 0.348 e. The standard InChI is InChI=1S/C17H11N7O5S/c1-7-3-8(6-29-2)13-14-15(30-17(13)18-7)16-19-9-4-11(23(25)26)12(24(27)28)5-10(9)22(16)21-20-14/h3-5H,6H2,1-2H3. The highest BCUT2D eigenvalue weighted by Crippen LogP contribution is 2.38. The van der Waals surface area contributed by atoms with Crippen molar-refractivity contribution in [2.45, 2.75) is 13.5 Å². The van der Waals surface area contributed by atoms with Crippen molar-refractivity contribution in [3.8, 4) is 0 Å². The first kappa shape index (κ1) is 18.2. The number of methoxy groups -OCH3 is 1. The summed E-state index contributed by atoms with van der Waals surface area (Å²) in [6, 6.07) is 4.10. The number of benzene rings is 1. The van der Waals surface area contributed by atoms with Crippen molar-refractivity contribution in [1.29, 1.82) is 0 Å². The van der Waals surface area contributed by atoms with Crippen molar-refractivity contribution in [3.63, 3.8) is 0 Å². The number of thiophene rings is 1. The first-order chi connectivity index (χ1) is 14.4. The molecule has 0 aliphatic heterocycles. The van der Waals surface area contributed by atoms with Crippen molar-refractivity contribution in [2.75, 3.05) is 7.11 Å². The summed E-state index contributed by atoms with van der Waals surface area (Å²) in [4.78, 5) is 30.7. The van der Waals surface area contributed by atoms with Crippen LogP contribution in [0, 0.1) is 27.2 Å². The number of nitrogens with zero attached hydrogens (tertiary/aromatic N) is 7. The summed E-state index contributed by atoms with van der Waals surface area (Å²) in [5.74, 6) is 0. The molecule has 0 spiro atoms. The molecule has 0 aliphatic carbocycles. The van der Waals surface area contributed by atoms with E-state index in [2.05, 4.69) is 20.3 Å². The minimum atomic E-state index is -0.800. The number of nitro groups is 2. The van der Waals surface area contributed by atoms with Crippen molar-refractivity contribution < 1.29 is 14.6 Å². The number of ether oxygens (including phenoxy) is 1. The van der Waals surface area contributed by atoms with Crippen LogP contribution in [0.2, 0.25) is 0 Å². The molecule has 0 bridgehead atoms. The van der Waals surface area contributed by atoms with Gasteiger partial charge < -0.3 is 4.74 Å². The van der Waals surface area contributed by atoms with Gasteiger partial charge in [0.15, 0.2) is 5.65 Å². The third-order valence-corrected chi connectivity index (χ3v) is 5.77. The average Bonchev–Trinajstić information content (AvgIpc) is 3.24.